The Bertz CT molecular complexity index is 452. The molecule has 2 aromatic rings. The summed E-state index contributed by atoms with van der Waals surface area (Å²) in [5.41, 5.74) is 7.68. The largest absolute Gasteiger partial charge is 0.382 e. The van der Waals surface area contributed by atoms with Crippen molar-refractivity contribution in [3.05, 3.63) is 40.5 Å². The molecule has 2 rings (SSSR count). The summed E-state index contributed by atoms with van der Waals surface area (Å²) < 4.78 is 0. The molecular weight excluding hydrogens is 198 g/mol. The Labute approximate surface area is 84.4 Å². The summed E-state index contributed by atoms with van der Waals surface area (Å²) in [6.45, 7) is 0. The molecule has 70 valence electrons. The summed E-state index contributed by atoms with van der Waals surface area (Å²) in [5.74, 6) is 0.184. The number of carbonyl (C=O) groups excluding carboxylic acids is 1. The summed E-state index contributed by atoms with van der Waals surface area (Å²) in [7, 11) is 0. The number of hydrogen-bond acceptors (Lipinski definition) is 5. The van der Waals surface area contributed by atoms with Gasteiger partial charge in [-0.3, -0.25) is 9.78 Å². The van der Waals surface area contributed by atoms with E-state index in [1.165, 1.54) is 11.3 Å². The summed E-state index contributed by atoms with van der Waals surface area (Å²) in [4.78, 5) is 19.9. The van der Waals surface area contributed by atoms with Crippen molar-refractivity contribution in [2.75, 3.05) is 5.73 Å². The number of nitrogen functional groups attached to an aromatic ring is 1. The minimum absolute atomic E-state index is 0.104. The summed E-state index contributed by atoms with van der Waals surface area (Å²) >= 11 is 1.25. The molecule has 2 heterocycles. The first kappa shape index (κ1) is 8.83. The van der Waals surface area contributed by atoms with E-state index in [2.05, 4.69) is 9.97 Å². The summed E-state index contributed by atoms with van der Waals surface area (Å²) in [6, 6.07) is 3.31. The second-order valence-electron chi connectivity index (χ2n) is 2.63. The van der Waals surface area contributed by atoms with Crippen molar-refractivity contribution < 1.29 is 4.79 Å². The predicted molar refractivity (Wildman–Crippen MR) is 54.2 cm³/mol. The number of nitrogens with zero attached hydrogens (tertiary/aromatic N) is 2. The first-order valence-corrected chi connectivity index (χ1v) is 4.80. The summed E-state index contributed by atoms with van der Waals surface area (Å²) in [6.07, 6.45) is 3.15. The molecule has 0 amide bonds. The molecule has 0 radical (unpaired) electrons. The molecule has 0 aliphatic heterocycles. The Morgan fingerprint density at radius 1 is 1.36 bits per heavy atom. The molecule has 0 fully saturated rings. The van der Waals surface area contributed by atoms with E-state index in [1.807, 2.05) is 0 Å². The Kier molecular flexibility index (Phi) is 2.24. The molecule has 5 heteroatoms. The van der Waals surface area contributed by atoms with Crippen molar-refractivity contribution in [3.63, 3.8) is 0 Å². The van der Waals surface area contributed by atoms with E-state index in [0.717, 1.165) is 0 Å². The Hall–Kier alpha value is -1.75. The quantitative estimate of drug-likeness (QED) is 0.751. The van der Waals surface area contributed by atoms with Crippen molar-refractivity contribution in [2.24, 2.45) is 0 Å². The van der Waals surface area contributed by atoms with Gasteiger partial charge in [-0.2, -0.15) is 0 Å². The van der Waals surface area contributed by atoms with E-state index in [9.17, 15) is 4.79 Å². The molecule has 0 aromatic carbocycles. The van der Waals surface area contributed by atoms with Gasteiger partial charge in [-0.05, 0) is 12.1 Å². The van der Waals surface area contributed by atoms with Gasteiger partial charge in [0.2, 0.25) is 5.78 Å². The van der Waals surface area contributed by atoms with Crippen molar-refractivity contribution in [1.29, 1.82) is 0 Å². The number of ketones is 1. The van der Waals surface area contributed by atoms with Crippen molar-refractivity contribution >= 4 is 22.9 Å². The van der Waals surface area contributed by atoms with Gasteiger partial charge in [0.25, 0.3) is 0 Å². The van der Waals surface area contributed by atoms with Gasteiger partial charge in [0, 0.05) is 18.0 Å². The van der Waals surface area contributed by atoms with Gasteiger partial charge in [-0.1, -0.05) is 0 Å². The van der Waals surface area contributed by atoms with Crippen LogP contribution in [0, 0.1) is 0 Å². The highest BCUT2D eigenvalue weighted by molar-refractivity contribution is 7.12. The first-order valence-electron chi connectivity index (χ1n) is 3.92. The molecule has 0 atom stereocenters. The van der Waals surface area contributed by atoms with Gasteiger partial charge < -0.3 is 5.73 Å². The van der Waals surface area contributed by atoms with Gasteiger partial charge in [-0.15, -0.1) is 11.3 Å². The fourth-order valence-corrected chi connectivity index (χ4v) is 1.73. The molecular formula is C9H7N3OS. The highest BCUT2D eigenvalue weighted by Crippen LogP contribution is 2.19. The molecule has 2 aromatic heterocycles. The molecule has 0 spiro atoms. The number of hydrogen-bond donors (Lipinski definition) is 1. The lowest BCUT2D eigenvalue weighted by Gasteiger charge is -1.96. The number of rotatable bonds is 2. The first-order chi connectivity index (χ1) is 6.79. The van der Waals surface area contributed by atoms with Gasteiger partial charge in [0.15, 0.2) is 0 Å². The van der Waals surface area contributed by atoms with E-state index in [4.69, 9.17) is 5.73 Å². The van der Waals surface area contributed by atoms with Crippen LogP contribution in [0.2, 0.25) is 0 Å². The minimum atomic E-state index is -0.104. The maximum Gasteiger partial charge on any atom is 0.206 e. The second-order valence-corrected chi connectivity index (χ2v) is 3.49. The van der Waals surface area contributed by atoms with Crippen LogP contribution in [0.15, 0.2) is 30.0 Å². The Balaban J connectivity index is 2.39. The zero-order valence-electron chi connectivity index (χ0n) is 7.18. The zero-order chi connectivity index (χ0) is 9.97. The molecule has 0 saturated heterocycles. The van der Waals surface area contributed by atoms with Gasteiger partial charge in [-0.25, -0.2) is 4.98 Å². The standard InChI is InChI=1S/C9H7N3OS/c10-9-8(14-5-12-9)7(13)6-1-3-11-4-2-6/h1-5H,10H2. The number of anilines is 1. The van der Waals surface area contributed by atoms with Crippen molar-refractivity contribution in [2.45, 2.75) is 0 Å². The number of thiazole rings is 1. The maximum atomic E-state index is 11.8. The summed E-state index contributed by atoms with van der Waals surface area (Å²) in [5, 5.41) is 0. The minimum Gasteiger partial charge on any atom is -0.382 e. The van der Waals surface area contributed by atoms with Gasteiger partial charge in [0.1, 0.15) is 10.7 Å². The number of pyridine rings is 1. The SMILES string of the molecule is Nc1ncsc1C(=O)c1ccncc1. The average molecular weight is 205 g/mol. The van der Waals surface area contributed by atoms with Gasteiger partial charge in [0.05, 0.1) is 5.51 Å². The monoisotopic (exact) mass is 205 g/mol. The lowest BCUT2D eigenvalue weighted by atomic mass is 10.1. The molecule has 14 heavy (non-hydrogen) atoms. The Morgan fingerprint density at radius 3 is 2.64 bits per heavy atom. The average Bonchev–Trinajstić information content (AvgIpc) is 2.65. The van der Waals surface area contributed by atoms with Crippen LogP contribution in [-0.4, -0.2) is 15.8 Å². The van der Waals surface area contributed by atoms with Crippen molar-refractivity contribution in [1.82, 2.24) is 9.97 Å². The van der Waals surface area contributed by atoms with Crippen LogP contribution < -0.4 is 5.73 Å². The predicted octanol–water partition coefficient (Wildman–Crippen LogP) is 1.35. The van der Waals surface area contributed by atoms with Crippen LogP contribution in [0.4, 0.5) is 5.82 Å². The highest BCUT2D eigenvalue weighted by Gasteiger charge is 2.13. The lowest BCUT2D eigenvalue weighted by molar-refractivity contribution is 0.104. The topological polar surface area (TPSA) is 68.9 Å². The molecule has 0 aliphatic rings. The third-order valence-corrected chi connectivity index (χ3v) is 2.58. The number of carbonyl (C=O) groups is 1. The van der Waals surface area contributed by atoms with Crippen molar-refractivity contribution in [3.8, 4) is 0 Å². The van der Waals surface area contributed by atoms with Crippen LogP contribution in [0.1, 0.15) is 15.2 Å². The second kappa shape index (κ2) is 3.55. The number of aromatic nitrogens is 2. The van der Waals surface area contributed by atoms with Crippen LogP contribution in [0.5, 0.6) is 0 Å². The van der Waals surface area contributed by atoms with E-state index in [1.54, 1.807) is 30.0 Å². The third-order valence-electron chi connectivity index (χ3n) is 1.74. The Morgan fingerprint density at radius 2 is 2.07 bits per heavy atom. The molecule has 0 saturated carbocycles. The van der Waals surface area contributed by atoms with Crippen LogP contribution >= 0.6 is 11.3 Å². The van der Waals surface area contributed by atoms with Gasteiger partial charge >= 0.3 is 0 Å². The van der Waals surface area contributed by atoms with E-state index >= 15 is 0 Å². The molecule has 4 nitrogen and oxygen atoms in total. The lowest BCUT2D eigenvalue weighted by Crippen LogP contribution is -2.02. The molecule has 0 unspecified atom stereocenters. The molecule has 0 bridgehead atoms. The maximum absolute atomic E-state index is 11.8. The van der Waals surface area contributed by atoms with Crippen LogP contribution in [0.3, 0.4) is 0 Å². The molecule has 0 aliphatic carbocycles. The number of nitrogens with two attached hydrogens (primary N) is 1. The highest BCUT2D eigenvalue weighted by atomic mass is 32.1. The smallest absolute Gasteiger partial charge is 0.206 e. The van der Waals surface area contributed by atoms with E-state index in [0.29, 0.717) is 10.4 Å². The van der Waals surface area contributed by atoms with Crippen LogP contribution in [0.25, 0.3) is 0 Å². The third kappa shape index (κ3) is 1.49. The van der Waals surface area contributed by atoms with Crippen LogP contribution in [-0.2, 0) is 0 Å². The normalized spacial score (nSPS) is 10.0. The zero-order valence-corrected chi connectivity index (χ0v) is 7.99. The fraction of sp³-hybridized carbons (Fsp3) is 0. The molecule has 2 N–H and O–H groups in total. The van der Waals surface area contributed by atoms with E-state index in [-0.39, 0.29) is 11.6 Å². The fourth-order valence-electron chi connectivity index (χ4n) is 1.06. The van der Waals surface area contributed by atoms with E-state index < -0.39 is 0 Å².